The van der Waals surface area contributed by atoms with E-state index in [2.05, 4.69) is 26.1 Å². The first-order valence-electron chi connectivity index (χ1n) is 26.8. The van der Waals surface area contributed by atoms with E-state index in [0.29, 0.717) is 19.3 Å². The van der Waals surface area contributed by atoms with Crippen LogP contribution in [0.4, 0.5) is 0 Å². The highest BCUT2D eigenvalue weighted by Crippen LogP contribution is 2.19. The van der Waals surface area contributed by atoms with Gasteiger partial charge in [-0.25, -0.2) is 0 Å². The Morgan fingerprint density at radius 2 is 0.712 bits per heavy atom. The van der Waals surface area contributed by atoms with Crippen LogP contribution in [0.3, 0.4) is 0 Å². The number of esters is 1. The van der Waals surface area contributed by atoms with E-state index < -0.39 is 18.2 Å². The van der Waals surface area contributed by atoms with Crippen LogP contribution < -0.4 is 5.32 Å². The number of hydrogen-bond acceptors (Lipinski definition) is 5. The first kappa shape index (κ1) is 57.9. The fourth-order valence-corrected chi connectivity index (χ4v) is 8.61. The minimum absolute atomic E-state index is 0.0877. The van der Waals surface area contributed by atoms with Crippen LogP contribution in [0.2, 0.25) is 0 Å². The molecule has 0 aliphatic carbocycles. The van der Waals surface area contributed by atoms with Crippen molar-refractivity contribution in [1.29, 1.82) is 0 Å². The molecular weight excluding hydrogens is 731 g/mol. The number of aliphatic hydroxyl groups is 2. The number of nitrogens with one attached hydrogen (secondary N) is 1. The standard InChI is InChI=1S/C53H105NO5/c1-4-7-10-13-16-19-22-24-25-26-27-28-31-34-37-40-43-46-53(58)59-49(44-41-38-35-32-29-21-18-15-12-9-6-3)47-52(57)54-50(48-55)51(56)45-42-39-36-33-30-23-20-17-14-11-8-5-2/h49-51,55-56H,4-48H2,1-3H3,(H,54,57). The summed E-state index contributed by atoms with van der Waals surface area (Å²) in [4.78, 5) is 26.1. The molecule has 0 aromatic heterocycles. The van der Waals surface area contributed by atoms with Crippen molar-refractivity contribution in [3.05, 3.63) is 0 Å². The minimum atomic E-state index is -0.778. The van der Waals surface area contributed by atoms with Crippen molar-refractivity contribution >= 4 is 11.9 Å². The fraction of sp³-hybridized carbons (Fsp3) is 0.962. The van der Waals surface area contributed by atoms with Crippen molar-refractivity contribution in [1.82, 2.24) is 5.32 Å². The lowest BCUT2D eigenvalue weighted by Crippen LogP contribution is -2.46. The summed E-state index contributed by atoms with van der Waals surface area (Å²) in [5.74, 6) is -0.450. The predicted molar refractivity (Wildman–Crippen MR) is 255 cm³/mol. The van der Waals surface area contributed by atoms with Crippen molar-refractivity contribution in [2.75, 3.05) is 6.61 Å². The molecule has 3 atom stereocenters. The summed E-state index contributed by atoms with van der Waals surface area (Å²) < 4.78 is 5.94. The van der Waals surface area contributed by atoms with Gasteiger partial charge < -0.3 is 20.3 Å². The molecule has 1 amide bonds. The van der Waals surface area contributed by atoms with E-state index >= 15 is 0 Å². The Morgan fingerprint density at radius 1 is 0.424 bits per heavy atom. The topological polar surface area (TPSA) is 95.9 Å². The van der Waals surface area contributed by atoms with E-state index in [4.69, 9.17) is 4.74 Å². The molecule has 6 heteroatoms. The lowest BCUT2D eigenvalue weighted by molar-refractivity contribution is -0.151. The van der Waals surface area contributed by atoms with Crippen molar-refractivity contribution in [2.45, 2.75) is 322 Å². The smallest absolute Gasteiger partial charge is 0.306 e. The molecule has 0 aliphatic rings. The van der Waals surface area contributed by atoms with Gasteiger partial charge in [-0.2, -0.15) is 0 Å². The van der Waals surface area contributed by atoms with Crippen LogP contribution in [0.1, 0.15) is 303 Å². The van der Waals surface area contributed by atoms with E-state index in [1.807, 2.05) is 0 Å². The highest BCUT2D eigenvalue weighted by molar-refractivity contribution is 5.77. The van der Waals surface area contributed by atoms with E-state index in [1.54, 1.807) is 0 Å². The molecule has 0 fully saturated rings. The monoisotopic (exact) mass is 836 g/mol. The molecule has 0 aliphatic heterocycles. The van der Waals surface area contributed by atoms with Crippen LogP contribution in [0.15, 0.2) is 0 Å². The van der Waals surface area contributed by atoms with E-state index in [-0.39, 0.29) is 24.9 Å². The Labute approximate surface area is 368 Å². The number of rotatable bonds is 49. The lowest BCUT2D eigenvalue weighted by Gasteiger charge is -2.24. The number of carbonyl (C=O) groups is 2. The Bertz CT molecular complexity index is 852. The van der Waals surface area contributed by atoms with Crippen LogP contribution in [-0.2, 0) is 14.3 Å². The third-order valence-electron chi connectivity index (χ3n) is 12.7. The average Bonchev–Trinajstić information content (AvgIpc) is 3.23. The molecule has 0 aromatic rings. The van der Waals surface area contributed by atoms with Gasteiger partial charge >= 0.3 is 5.97 Å². The summed E-state index contributed by atoms with van der Waals surface area (Å²) in [6.07, 6.45) is 51.6. The highest BCUT2D eigenvalue weighted by Gasteiger charge is 2.24. The van der Waals surface area contributed by atoms with E-state index in [9.17, 15) is 19.8 Å². The molecular formula is C53H105NO5. The van der Waals surface area contributed by atoms with Crippen LogP contribution in [0, 0.1) is 0 Å². The Balaban J connectivity index is 4.44. The van der Waals surface area contributed by atoms with Gasteiger partial charge in [0.25, 0.3) is 0 Å². The van der Waals surface area contributed by atoms with Gasteiger partial charge in [-0.1, -0.05) is 265 Å². The number of unbranched alkanes of at least 4 members (excludes halogenated alkanes) is 37. The maximum atomic E-state index is 13.2. The molecule has 0 aromatic carbocycles. The quantitative estimate of drug-likeness (QED) is 0.0419. The number of hydrogen-bond donors (Lipinski definition) is 3. The van der Waals surface area contributed by atoms with Crippen molar-refractivity contribution in [3.8, 4) is 0 Å². The molecule has 6 nitrogen and oxygen atoms in total. The number of ether oxygens (including phenoxy) is 1. The molecule has 352 valence electrons. The highest BCUT2D eigenvalue weighted by atomic mass is 16.5. The molecule has 0 radical (unpaired) electrons. The van der Waals surface area contributed by atoms with E-state index in [1.165, 1.54) is 218 Å². The molecule has 3 N–H and O–H groups in total. The molecule has 59 heavy (non-hydrogen) atoms. The zero-order valence-electron chi connectivity index (χ0n) is 40.2. The largest absolute Gasteiger partial charge is 0.462 e. The summed E-state index contributed by atoms with van der Waals surface area (Å²) in [6, 6.07) is -0.691. The normalized spacial score (nSPS) is 13.1. The summed E-state index contributed by atoms with van der Waals surface area (Å²) in [6.45, 7) is 6.51. The SMILES string of the molecule is CCCCCCCCCCCCCCCCCCCC(=O)OC(CCCCCCCCCCCCC)CC(=O)NC(CO)C(O)CCCCCCCCCCCCCC. The zero-order chi connectivity index (χ0) is 43.1. The molecule has 0 saturated carbocycles. The number of aliphatic hydroxyl groups excluding tert-OH is 2. The van der Waals surface area contributed by atoms with Gasteiger partial charge in [-0.3, -0.25) is 9.59 Å². The van der Waals surface area contributed by atoms with Gasteiger partial charge in [0.1, 0.15) is 6.10 Å². The molecule has 0 heterocycles. The summed E-state index contributed by atoms with van der Waals surface area (Å²) >= 11 is 0. The molecule has 3 unspecified atom stereocenters. The Kier molecular flexibility index (Phi) is 47.0. The third kappa shape index (κ3) is 43.3. The molecule has 0 rings (SSSR count). The van der Waals surface area contributed by atoms with Crippen LogP contribution in [-0.4, -0.2) is 46.9 Å². The second kappa shape index (κ2) is 47.9. The molecule has 0 spiro atoms. The van der Waals surface area contributed by atoms with Crippen molar-refractivity contribution in [3.63, 3.8) is 0 Å². The third-order valence-corrected chi connectivity index (χ3v) is 12.7. The fourth-order valence-electron chi connectivity index (χ4n) is 8.61. The zero-order valence-corrected chi connectivity index (χ0v) is 40.2. The summed E-state index contributed by atoms with van der Waals surface area (Å²) in [5, 5.41) is 23.8. The van der Waals surface area contributed by atoms with Gasteiger partial charge in [0.05, 0.1) is 25.2 Å². The number of carbonyl (C=O) groups excluding carboxylic acids is 2. The number of amides is 1. The van der Waals surface area contributed by atoms with Gasteiger partial charge in [0.15, 0.2) is 0 Å². The maximum absolute atomic E-state index is 13.2. The molecule has 0 saturated heterocycles. The molecule has 0 bridgehead atoms. The van der Waals surface area contributed by atoms with Crippen molar-refractivity contribution in [2.24, 2.45) is 0 Å². The maximum Gasteiger partial charge on any atom is 0.306 e. The average molecular weight is 836 g/mol. The van der Waals surface area contributed by atoms with Crippen LogP contribution in [0.5, 0.6) is 0 Å². The summed E-state index contributed by atoms with van der Waals surface area (Å²) in [5.41, 5.74) is 0. The first-order chi connectivity index (χ1) is 29.0. The van der Waals surface area contributed by atoms with Gasteiger partial charge in [-0.15, -0.1) is 0 Å². The first-order valence-corrected chi connectivity index (χ1v) is 26.8. The summed E-state index contributed by atoms with van der Waals surface area (Å²) in [7, 11) is 0. The van der Waals surface area contributed by atoms with Gasteiger partial charge in [0.2, 0.25) is 5.91 Å². The lowest BCUT2D eigenvalue weighted by atomic mass is 10.0. The van der Waals surface area contributed by atoms with Crippen molar-refractivity contribution < 1.29 is 24.5 Å². The van der Waals surface area contributed by atoms with E-state index in [0.717, 1.165) is 38.5 Å². The predicted octanol–water partition coefficient (Wildman–Crippen LogP) is 16.0. The van der Waals surface area contributed by atoms with Gasteiger partial charge in [0, 0.05) is 6.42 Å². The second-order valence-electron chi connectivity index (χ2n) is 18.6. The second-order valence-corrected chi connectivity index (χ2v) is 18.6. The van der Waals surface area contributed by atoms with Gasteiger partial charge in [-0.05, 0) is 25.7 Å². The van der Waals surface area contributed by atoms with Crippen LogP contribution in [0.25, 0.3) is 0 Å². The Morgan fingerprint density at radius 3 is 1.03 bits per heavy atom. The Hall–Kier alpha value is -1.14. The minimum Gasteiger partial charge on any atom is -0.462 e. The van der Waals surface area contributed by atoms with Crippen LogP contribution >= 0.6 is 0 Å².